The van der Waals surface area contributed by atoms with Crippen LogP contribution in [0, 0.1) is 12.3 Å². The van der Waals surface area contributed by atoms with E-state index in [1.54, 1.807) is 6.92 Å². The summed E-state index contributed by atoms with van der Waals surface area (Å²) < 4.78 is 0.912. The molecule has 0 aliphatic rings. The molecule has 2 nitrogen and oxygen atoms in total. The van der Waals surface area contributed by atoms with Crippen molar-refractivity contribution in [1.82, 2.24) is 0 Å². The summed E-state index contributed by atoms with van der Waals surface area (Å²) in [5.74, 6) is 2.64. The molecule has 0 aliphatic carbocycles. The third kappa shape index (κ3) is 3.01. The molecule has 0 saturated heterocycles. The molecule has 3 heteroatoms. The molecular weight excluding hydrogens is 266 g/mol. The smallest absolute Gasteiger partial charge is 0.0791 e. The van der Waals surface area contributed by atoms with Crippen molar-refractivity contribution in [3.8, 4) is 12.3 Å². The molecule has 16 heavy (non-hydrogen) atoms. The van der Waals surface area contributed by atoms with Crippen LogP contribution >= 0.6 is 15.9 Å². The fourth-order valence-corrected chi connectivity index (χ4v) is 2.25. The molecule has 86 valence electrons. The molecule has 0 aromatic heterocycles. The molecule has 0 spiro atoms. The molecule has 1 aromatic carbocycles. The molecule has 0 radical (unpaired) electrons. The number of nitrogens with zero attached hydrogens (tertiary/aromatic N) is 1. The Kier molecular flexibility index (Phi) is 4.85. The van der Waals surface area contributed by atoms with Gasteiger partial charge in [-0.15, -0.1) is 6.42 Å². The number of halogens is 1. The minimum atomic E-state index is -0.467. The van der Waals surface area contributed by atoms with Gasteiger partial charge in [-0.1, -0.05) is 27.9 Å². The molecule has 0 fully saturated rings. The van der Waals surface area contributed by atoms with Crippen LogP contribution in [-0.4, -0.2) is 18.2 Å². The Morgan fingerprint density at radius 3 is 2.69 bits per heavy atom. The van der Waals surface area contributed by atoms with E-state index in [0.29, 0.717) is 6.54 Å². The number of aliphatic hydroxyl groups excluding tert-OH is 1. The van der Waals surface area contributed by atoms with Crippen LogP contribution in [0.5, 0.6) is 0 Å². The predicted molar refractivity (Wildman–Crippen MR) is 71.5 cm³/mol. The van der Waals surface area contributed by atoms with E-state index in [0.717, 1.165) is 22.3 Å². The van der Waals surface area contributed by atoms with E-state index in [1.807, 2.05) is 18.2 Å². The van der Waals surface area contributed by atoms with Crippen molar-refractivity contribution in [3.63, 3.8) is 0 Å². The monoisotopic (exact) mass is 281 g/mol. The van der Waals surface area contributed by atoms with Crippen LogP contribution in [0.1, 0.15) is 25.5 Å². The molecule has 0 aliphatic heterocycles. The molecule has 1 N–H and O–H groups in total. The highest BCUT2D eigenvalue weighted by atomic mass is 79.9. The second-order valence-electron chi connectivity index (χ2n) is 3.60. The first-order valence-electron chi connectivity index (χ1n) is 5.26. The Morgan fingerprint density at radius 1 is 1.56 bits per heavy atom. The maximum Gasteiger partial charge on any atom is 0.0791 e. The van der Waals surface area contributed by atoms with Crippen LogP contribution in [0.25, 0.3) is 0 Å². The lowest BCUT2D eigenvalue weighted by Gasteiger charge is -2.21. The number of hydrogen-bond acceptors (Lipinski definition) is 2. The van der Waals surface area contributed by atoms with Crippen molar-refractivity contribution in [2.24, 2.45) is 0 Å². The second-order valence-corrected chi connectivity index (χ2v) is 4.45. The number of aliphatic hydroxyl groups is 1. The average Bonchev–Trinajstić information content (AvgIpc) is 2.25. The van der Waals surface area contributed by atoms with E-state index >= 15 is 0 Å². The standard InChI is InChI=1S/C13H16BrNO/c1-4-8-15(5-2)11-6-7-12(10(3)16)13(14)9-11/h1,6-7,9-10,16H,5,8H2,2-3H3/t10-/m1/s1. The highest BCUT2D eigenvalue weighted by Crippen LogP contribution is 2.28. The van der Waals surface area contributed by atoms with E-state index in [-0.39, 0.29) is 0 Å². The van der Waals surface area contributed by atoms with Crippen LogP contribution in [0.2, 0.25) is 0 Å². The summed E-state index contributed by atoms with van der Waals surface area (Å²) in [6.07, 6.45) is 4.85. The third-order valence-corrected chi connectivity index (χ3v) is 3.15. The zero-order chi connectivity index (χ0) is 12.1. The van der Waals surface area contributed by atoms with E-state index in [2.05, 4.69) is 33.7 Å². The molecule has 0 heterocycles. The third-order valence-electron chi connectivity index (χ3n) is 2.46. The zero-order valence-corrected chi connectivity index (χ0v) is 11.2. The molecule has 0 unspecified atom stereocenters. The summed E-state index contributed by atoms with van der Waals surface area (Å²) in [5, 5.41) is 9.52. The molecule has 1 rings (SSSR count). The topological polar surface area (TPSA) is 23.5 Å². The van der Waals surface area contributed by atoms with Crippen LogP contribution in [0.4, 0.5) is 5.69 Å². The van der Waals surface area contributed by atoms with Gasteiger partial charge in [0.15, 0.2) is 0 Å². The van der Waals surface area contributed by atoms with Crippen molar-refractivity contribution < 1.29 is 5.11 Å². The van der Waals surface area contributed by atoms with Crippen LogP contribution in [0.3, 0.4) is 0 Å². The normalized spacial score (nSPS) is 11.9. The quantitative estimate of drug-likeness (QED) is 0.858. The van der Waals surface area contributed by atoms with Crippen LogP contribution < -0.4 is 4.90 Å². The molecule has 1 atom stereocenters. The Morgan fingerprint density at radius 2 is 2.25 bits per heavy atom. The van der Waals surface area contributed by atoms with E-state index in [9.17, 15) is 5.11 Å². The summed E-state index contributed by atoms with van der Waals surface area (Å²) in [6.45, 7) is 5.27. The van der Waals surface area contributed by atoms with Gasteiger partial charge >= 0.3 is 0 Å². The SMILES string of the molecule is C#CCN(CC)c1ccc([C@@H](C)O)c(Br)c1. The fourth-order valence-electron chi connectivity index (χ4n) is 1.55. The summed E-state index contributed by atoms with van der Waals surface area (Å²) in [4.78, 5) is 2.09. The maximum absolute atomic E-state index is 9.52. The Bertz CT molecular complexity index is 395. The molecule has 0 bridgehead atoms. The van der Waals surface area contributed by atoms with Crippen LogP contribution in [0.15, 0.2) is 22.7 Å². The largest absolute Gasteiger partial charge is 0.389 e. The lowest BCUT2D eigenvalue weighted by molar-refractivity contribution is 0.198. The van der Waals surface area contributed by atoms with Crippen molar-refractivity contribution in [1.29, 1.82) is 0 Å². The highest BCUT2D eigenvalue weighted by molar-refractivity contribution is 9.10. The summed E-state index contributed by atoms with van der Waals surface area (Å²) >= 11 is 3.46. The Balaban J connectivity index is 3.00. The second kappa shape index (κ2) is 5.93. The van der Waals surface area contributed by atoms with Gasteiger partial charge in [0.05, 0.1) is 12.6 Å². The summed E-state index contributed by atoms with van der Waals surface area (Å²) in [6, 6.07) is 5.89. The van der Waals surface area contributed by atoms with Gasteiger partial charge in [0, 0.05) is 16.7 Å². The lowest BCUT2D eigenvalue weighted by atomic mass is 10.1. The number of anilines is 1. The lowest BCUT2D eigenvalue weighted by Crippen LogP contribution is -2.22. The van der Waals surface area contributed by atoms with Crippen molar-refractivity contribution >= 4 is 21.6 Å². The van der Waals surface area contributed by atoms with Crippen LogP contribution in [-0.2, 0) is 0 Å². The predicted octanol–water partition coefficient (Wildman–Crippen LogP) is 2.96. The Hall–Kier alpha value is -0.980. The van der Waals surface area contributed by atoms with E-state index < -0.39 is 6.10 Å². The molecule has 0 saturated carbocycles. The summed E-state index contributed by atoms with van der Waals surface area (Å²) in [7, 11) is 0. The molecule has 0 amide bonds. The fraction of sp³-hybridized carbons (Fsp3) is 0.385. The molecular formula is C13H16BrNO. The van der Waals surface area contributed by atoms with Gasteiger partial charge in [0.1, 0.15) is 0 Å². The van der Waals surface area contributed by atoms with E-state index in [1.165, 1.54) is 0 Å². The van der Waals surface area contributed by atoms with Crippen molar-refractivity contribution in [2.75, 3.05) is 18.0 Å². The number of benzene rings is 1. The van der Waals surface area contributed by atoms with Gasteiger partial charge in [-0.2, -0.15) is 0 Å². The molecule has 1 aromatic rings. The zero-order valence-electron chi connectivity index (χ0n) is 9.57. The first-order chi connectivity index (χ1) is 7.60. The highest BCUT2D eigenvalue weighted by Gasteiger charge is 2.09. The van der Waals surface area contributed by atoms with Crippen molar-refractivity contribution in [3.05, 3.63) is 28.2 Å². The van der Waals surface area contributed by atoms with Gasteiger partial charge < -0.3 is 10.0 Å². The van der Waals surface area contributed by atoms with Gasteiger partial charge in [0.25, 0.3) is 0 Å². The average molecular weight is 282 g/mol. The van der Waals surface area contributed by atoms with Gasteiger partial charge in [-0.05, 0) is 31.5 Å². The minimum Gasteiger partial charge on any atom is -0.389 e. The van der Waals surface area contributed by atoms with E-state index in [4.69, 9.17) is 6.42 Å². The number of hydrogen-bond donors (Lipinski definition) is 1. The first kappa shape index (κ1) is 13.1. The van der Waals surface area contributed by atoms with Gasteiger partial charge in [0.2, 0.25) is 0 Å². The minimum absolute atomic E-state index is 0.467. The summed E-state index contributed by atoms with van der Waals surface area (Å²) in [5.41, 5.74) is 1.96. The Labute approximate surface area is 105 Å². The maximum atomic E-state index is 9.52. The number of terminal acetylenes is 1. The van der Waals surface area contributed by atoms with Gasteiger partial charge in [-0.25, -0.2) is 0 Å². The first-order valence-corrected chi connectivity index (χ1v) is 6.05. The van der Waals surface area contributed by atoms with Crippen molar-refractivity contribution in [2.45, 2.75) is 20.0 Å². The number of rotatable bonds is 4. The van der Waals surface area contributed by atoms with Gasteiger partial charge in [-0.3, -0.25) is 0 Å².